The summed E-state index contributed by atoms with van der Waals surface area (Å²) in [6, 6.07) is 4.25. The lowest BCUT2D eigenvalue weighted by Crippen LogP contribution is -2.25. The van der Waals surface area contributed by atoms with Gasteiger partial charge in [0.2, 0.25) is 5.91 Å². The molecule has 1 rings (SSSR count). The number of hydrogen-bond donors (Lipinski definition) is 2. The van der Waals surface area contributed by atoms with Crippen LogP contribution in [-0.2, 0) is 14.6 Å². The van der Waals surface area contributed by atoms with Gasteiger partial charge < -0.3 is 11.1 Å². The van der Waals surface area contributed by atoms with Gasteiger partial charge in [-0.15, -0.1) is 0 Å². The molecule has 1 aromatic rings. The van der Waals surface area contributed by atoms with Crippen LogP contribution in [0.1, 0.15) is 13.3 Å². The fraction of sp³-hybridized carbons (Fsp3) is 0.364. The summed E-state index contributed by atoms with van der Waals surface area (Å²) in [5.74, 6) is -0.594. The molecule has 1 aromatic carbocycles. The van der Waals surface area contributed by atoms with Crippen molar-refractivity contribution in [2.45, 2.75) is 18.2 Å². The molecule has 100 valence electrons. The Balaban J connectivity index is 2.87. The zero-order valence-corrected chi connectivity index (χ0v) is 11.5. The van der Waals surface area contributed by atoms with Gasteiger partial charge in [0, 0.05) is 18.7 Å². The van der Waals surface area contributed by atoms with Crippen molar-refractivity contribution in [1.82, 2.24) is 5.32 Å². The number of hydrogen-bond acceptors (Lipinski definition) is 4. The maximum atomic E-state index is 12.0. The lowest BCUT2D eigenvalue weighted by atomic mass is 10.3. The Labute approximate surface area is 111 Å². The summed E-state index contributed by atoms with van der Waals surface area (Å²) in [7, 11) is -3.60. The third-order valence-corrected chi connectivity index (χ3v) is 4.45. The van der Waals surface area contributed by atoms with Gasteiger partial charge in [-0.25, -0.2) is 8.42 Å². The molecule has 1 amide bonds. The van der Waals surface area contributed by atoms with Crippen molar-refractivity contribution in [3.8, 4) is 0 Å². The van der Waals surface area contributed by atoms with E-state index < -0.39 is 9.84 Å². The lowest BCUT2D eigenvalue weighted by Gasteiger charge is -2.07. The number of nitrogen functional groups attached to an aromatic ring is 1. The molecule has 18 heavy (non-hydrogen) atoms. The summed E-state index contributed by atoms with van der Waals surface area (Å²) >= 11 is 5.82. The van der Waals surface area contributed by atoms with Gasteiger partial charge in [-0.05, 0) is 25.1 Å². The second-order valence-corrected chi connectivity index (χ2v) is 6.20. The number of rotatable bonds is 5. The Morgan fingerprint density at radius 2 is 2.11 bits per heavy atom. The van der Waals surface area contributed by atoms with Gasteiger partial charge in [-0.1, -0.05) is 11.6 Å². The van der Waals surface area contributed by atoms with E-state index in [1.807, 2.05) is 0 Å². The molecule has 0 aliphatic rings. The van der Waals surface area contributed by atoms with Crippen LogP contribution in [0.25, 0.3) is 0 Å². The highest BCUT2D eigenvalue weighted by Crippen LogP contribution is 2.25. The molecule has 0 aliphatic carbocycles. The molecule has 0 unspecified atom stereocenters. The van der Waals surface area contributed by atoms with Crippen molar-refractivity contribution in [2.75, 3.05) is 18.0 Å². The molecule has 0 radical (unpaired) electrons. The maximum absolute atomic E-state index is 12.0. The van der Waals surface area contributed by atoms with E-state index in [-0.39, 0.29) is 28.0 Å². The molecule has 0 atom stereocenters. The van der Waals surface area contributed by atoms with Crippen LogP contribution in [0, 0.1) is 0 Å². The van der Waals surface area contributed by atoms with Crippen LogP contribution in [0.15, 0.2) is 23.1 Å². The minimum Gasteiger partial charge on any atom is -0.399 e. The largest absolute Gasteiger partial charge is 0.399 e. The number of nitrogens with one attached hydrogen (secondary N) is 1. The summed E-state index contributed by atoms with van der Waals surface area (Å²) < 4.78 is 24.0. The Bertz CT molecular complexity index is 543. The van der Waals surface area contributed by atoms with Crippen molar-refractivity contribution in [3.05, 3.63) is 23.2 Å². The maximum Gasteiger partial charge on any atom is 0.221 e. The molecular weight excluding hydrogens is 276 g/mol. The Morgan fingerprint density at radius 3 is 2.72 bits per heavy atom. The molecule has 0 saturated heterocycles. The Kier molecular flexibility index (Phi) is 4.98. The van der Waals surface area contributed by atoms with Gasteiger partial charge in [-0.2, -0.15) is 0 Å². The average Bonchev–Trinajstić information content (AvgIpc) is 2.30. The first-order chi connectivity index (χ1) is 8.36. The third-order valence-electron chi connectivity index (χ3n) is 2.26. The predicted molar refractivity (Wildman–Crippen MR) is 71.2 cm³/mol. The Hall–Kier alpha value is -1.27. The highest BCUT2D eigenvalue weighted by molar-refractivity contribution is 7.91. The van der Waals surface area contributed by atoms with Crippen molar-refractivity contribution in [2.24, 2.45) is 0 Å². The molecule has 3 N–H and O–H groups in total. The normalized spacial score (nSPS) is 11.2. The zero-order valence-electron chi connectivity index (χ0n) is 9.94. The van der Waals surface area contributed by atoms with Gasteiger partial charge in [-0.3, -0.25) is 4.79 Å². The monoisotopic (exact) mass is 290 g/mol. The first kappa shape index (κ1) is 14.8. The van der Waals surface area contributed by atoms with Gasteiger partial charge in [0.15, 0.2) is 9.84 Å². The van der Waals surface area contributed by atoms with Crippen LogP contribution >= 0.6 is 11.6 Å². The molecule has 5 nitrogen and oxygen atoms in total. The van der Waals surface area contributed by atoms with Crippen LogP contribution in [0.2, 0.25) is 5.02 Å². The lowest BCUT2D eigenvalue weighted by molar-refractivity contribution is -0.120. The zero-order chi connectivity index (χ0) is 13.8. The first-order valence-electron chi connectivity index (χ1n) is 5.41. The molecule has 0 bridgehead atoms. The molecule has 0 aromatic heterocycles. The standard InChI is InChI=1S/C11H15ClN2O3S/c1-2-14-11(15)5-6-18(16,17)10-7-8(13)3-4-9(10)12/h3-4,7H,2,5-6,13H2,1H3,(H,14,15). The minimum atomic E-state index is -3.60. The fourth-order valence-corrected chi connectivity index (χ4v) is 3.21. The van der Waals surface area contributed by atoms with E-state index in [9.17, 15) is 13.2 Å². The Morgan fingerprint density at radius 1 is 1.44 bits per heavy atom. The minimum absolute atomic E-state index is 0.0338. The van der Waals surface area contributed by atoms with E-state index in [0.717, 1.165) is 0 Å². The molecule has 0 spiro atoms. The number of carbonyl (C=O) groups excluding carboxylic acids is 1. The van der Waals surface area contributed by atoms with E-state index in [1.54, 1.807) is 6.92 Å². The number of carbonyl (C=O) groups is 1. The molecule has 7 heteroatoms. The summed E-state index contributed by atoms with van der Waals surface area (Å²) in [5, 5.41) is 2.65. The topological polar surface area (TPSA) is 89.3 Å². The number of amides is 1. The van der Waals surface area contributed by atoms with E-state index in [4.69, 9.17) is 17.3 Å². The van der Waals surface area contributed by atoms with Crippen molar-refractivity contribution in [1.29, 1.82) is 0 Å². The van der Waals surface area contributed by atoms with E-state index in [2.05, 4.69) is 5.32 Å². The number of benzene rings is 1. The van der Waals surface area contributed by atoms with Gasteiger partial charge >= 0.3 is 0 Å². The van der Waals surface area contributed by atoms with Crippen LogP contribution in [0.4, 0.5) is 5.69 Å². The molecule has 0 saturated carbocycles. The third kappa shape index (κ3) is 3.89. The van der Waals surface area contributed by atoms with Crippen molar-refractivity contribution < 1.29 is 13.2 Å². The number of halogens is 1. The number of anilines is 1. The molecule has 0 fully saturated rings. The van der Waals surface area contributed by atoms with Crippen LogP contribution in [-0.4, -0.2) is 26.6 Å². The van der Waals surface area contributed by atoms with E-state index in [0.29, 0.717) is 12.2 Å². The molecule has 0 heterocycles. The van der Waals surface area contributed by atoms with E-state index >= 15 is 0 Å². The van der Waals surface area contributed by atoms with Crippen LogP contribution < -0.4 is 11.1 Å². The average molecular weight is 291 g/mol. The second kappa shape index (κ2) is 6.06. The molecule has 0 aliphatic heterocycles. The van der Waals surface area contributed by atoms with Crippen molar-refractivity contribution in [3.63, 3.8) is 0 Å². The summed E-state index contributed by atoms with van der Waals surface area (Å²) in [6.07, 6.45) is -0.0959. The molecular formula is C11H15ClN2O3S. The highest BCUT2D eigenvalue weighted by Gasteiger charge is 2.19. The predicted octanol–water partition coefficient (Wildman–Crippen LogP) is 1.22. The van der Waals surface area contributed by atoms with Gasteiger partial charge in [0.25, 0.3) is 0 Å². The van der Waals surface area contributed by atoms with Crippen LogP contribution in [0.5, 0.6) is 0 Å². The van der Waals surface area contributed by atoms with Gasteiger partial charge in [0.05, 0.1) is 15.7 Å². The summed E-state index contributed by atoms with van der Waals surface area (Å²) in [4.78, 5) is 11.2. The number of nitrogens with two attached hydrogens (primary N) is 1. The smallest absolute Gasteiger partial charge is 0.221 e. The quantitative estimate of drug-likeness (QED) is 0.798. The van der Waals surface area contributed by atoms with E-state index in [1.165, 1.54) is 18.2 Å². The van der Waals surface area contributed by atoms with Crippen molar-refractivity contribution >= 4 is 33.0 Å². The fourth-order valence-electron chi connectivity index (χ4n) is 1.38. The SMILES string of the molecule is CCNC(=O)CCS(=O)(=O)c1cc(N)ccc1Cl. The van der Waals surface area contributed by atoms with Crippen LogP contribution in [0.3, 0.4) is 0 Å². The summed E-state index contributed by atoms with van der Waals surface area (Å²) in [5.41, 5.74) is 5.84. The highest BCUT2D eigenvalue weighted by atomic mass is 35.5. The summed E-state index contributed by atoms with van der Waals surface area (Å²) in [6.45, 7) is 2.24. The number of sulfone groups is 1. The second-order valence-electron chi connectivity index (χ2n) is 3.71. The first-order valence-corrected chi connectivity index (χ1v) is 7.44. The van der Waals surface area contributed by atoms with Gasteiger partial charge in [0.1, 0.15) is 0 Å².